The van der Waals surface area contributed by atoms with Crippen molar-refractivity contribution in [2.75, 3.05) is 5.32 Å². The lowest BCUT2D eigenvalue weighted by molar-refractivity contribution is 1.12. The molecule has 2 aromatic rings. The van der Waals surface area contributed by atoms with Crippen LogP contribution >= 0.6 is 51.3 Å². The number of nitrogens with two attached hydrogens (primary N) is 1. The number of rotatable bonds is 3. The van der Waals surface area contributed by atoms with Gasteiger partial charge in [0, 0.05) is 15.9 Å². The predicted molar refractivity (Wildman–Crippen MR) is 97.0 cm³/mol. The molecule has 0 radical (unpaired) electrons. The number of aromatic nitrogens is 1. The number of halogens is 3. The second kappa shape index (κ2) is 6.48. The van der Waals surface area contributed by atoms with E-state index in [2.05, 4.69) is 26.2 Å². The maximum atomic E-state index is 6.26. The van der Waals surface area contributed by atoms with E-state index in [-0.39, 0.29) is 4.99 Å². The summed E-state index contributed by atoms with van der Waals surface area (Å²) in [5.41, 5.74) is 9.55. The summed E-state index contributed by atoms with van der Waals surface area (Å²) in [6, 6.07) is 5.51. The van der Waals surface area contributed by atoms with Crippen LogP contribution in [-0.2, 0) is 0 Å². The summed E-state index contributed by atoms with van der Waals surface area (Å²) >= 11 is 20.8. The number of pyridine rings is 1. The van der Waals surface area contributed by atoms with Crippen LogP contribution in [0.15, 0.2) is 22.7 Å². The summed E-state index contributed by atoms with van der Waals surface area (Å²) in [6.07, 6.45) is 0. The van der Waals surface area contributed by atoms with E-state index in [1.807, 2.05) is 32.0 Å². The highest BCUT2D eigenvalue weighted by molar-refractivity contribution is 9.10. The first-order valence-corrected chi connectivity index (χ1v) is 7.95. The molecule has 2 rings (SSSR count). The van der Waals surface area contributed by atoms with Gasteiger partial charge in [-0.1, -0.05) is 35.4 Å². The zero-order valence-electron chi connectivity index (χ0n) is 11.3. The van der Waals surface area contributed by atoms with Gasteiger partial charge in [-0.2, -0.15) is 0 Å². The summed E-state index contributed by atoms with van der Waals surface area (Å²) in [6.45, 7) is 3.76. The van der Waals surface area contributed by atoms with Gasteiger partial charge in [-0.25, -0.2) is 0 Å². The number of thiocarbonyl (C=S) groups is 1. The Hall–Kier alpha value is -0.880. The molecule has 0 saturated heterocycles. The van der Waals surface area contributed by atoms with E-state index in [4.69, 9.17) is 41.2 Å². The van der Waals surface area contributed by atoms with E-state index in [9.17, 15) is 0 Å². The van der Waals surface area contributed by atoms with Crippen molar-refractivity contribution >= 4 is 67.7 Å². The lowest BCUT2D eigenvalue weighted by atomic mass is 10.1. The van der Waals surface area contributed by atoms with Gasteiger partial charge in [0.05, 0.1) is 27.0 Å². The van der Waals surface area contributed by atoms with Gasteiger partial charge in [-0.15, -0.1) is 0 Å². The van der Waals surface area contributed by atoms with Gasteiger partial charge in [0.15, 0.2) is 0 Å². The minimum atomic E-state index is 0.279. The fourth-order valence-electron chi connectivity index (χ4n) is 2.01. The topological polar surface area (TPSA) is 50.9 Å². The van der Waals surface area contributed by atoms with Crippen LogP contribution in [0.3, 0.4) is 0 Å². The van der Waals surface area contributed by atoms with Crippen molar-refractivity contribution in [2.24, 2.45) is 5.73 Å². The number of nitrogens with zero attached hydrogens (tertiary/aromatic N) is 1. The highest BCUT2D eigenvalue weighted by atomic mass is 79.9. The molecule has 0 fully saturated rings. The molecule has 3 N–H and O–H groups in total. The SMILES string of the molecule is Cc1cc(Nc2ccc(Br)c(Cl)c2Cl)c(C(N)=S)c(C)n1. The predicted octanol–water partition coefficient (Wildman–Crippen LogP) is 5.15. The molecule has 7 heteroatoms. The van der Waals surface area contributed by atoms with E-state index in [0.717, 1.165) is 21.5 Å². The molecule has 0 spiro atoms. The van der Waals surface area contributed by atoms with Gasteiger partial charge in [-0.3, -0.25) is 4.98 Å². The quantitative estimate of drug-likeness (QED) is 0.548. The van der Waals surface area contributed by atoms with Crippen molar-refractivity contribution in [3.63, 3.8) is 0 Å². The van der Waals surface area contributed by atoms with Crippen molar-refractivity contribution in [1.29, 1.82) is 0 Å². The van der Waals surface area contributed by atoms with Crippen LogP contribution in [0.1, 0.15) is 17.0 Å². The first kappa shape index (κ1) is 16.5. The van der Waals surface area contributed by atoms with E-state index in [1.165, 1.54) is 0 Å². The number of anilines is 2. The number of nitrogens with one attached hydrogen (secondary N) is 1. The molecule has 110 valence electrons. The standard InChI is InChI=1S/C14H12BrCl2N3S/c1-6-5-10(11(14(18)21)7(2)19-6)20-9-4-3-8(15)12(16)13(9)17/h3-5H,1-2H3,(H2,18,21)(H,19,20). The van der Waals surface area contributed by atoms with Gasteiger partial charge in [0.25, 0.3) is 0 Å². The third kappa shape index (κ3) is 3.48. The minimum absolute atomic E-state index is 0.279. The summed E-state index contributed by atoms with van der Waals surface area (Å²) < 4.78 is 0.733. The average Bonchev–Trinajstić information content (AvgIpc) is 2.38. The van der Waals surface area contributed by atoms with Crippen LogP contribution in [-0.4, -0.2) is 9.97 Å². The van der Waals surface area contributed by atoms with E-state index in [1.54, 1.807) is 0 Å². The second-order valence-electron chi connectivity index (χ2n) is 4.48. The first-order chi connectivity index (χ1) is 9.81. The molecule has 0 unspecified atom stereocenters. The Morgan fingerprint density at radius 3 is 2.52 bits per heavy atom. The van der Waals surface area contributed by atoms with E-state index >= 15 is 0 Å². The smallest absolute Gasteiger partial charge is 0.107 e. The average molecular weight is 405 g/mol. The summed E-state index contributed by atoms with van der Waals surface area (Å²) in [7, 11) is 0. The fraction of sp³-hybridized carbons (Fsp3) is 0.143. The molecule has 0 aliphatic carbocycles. The van der Waals surface area contributed by atoms with Crippen molar-refractivity contribution < 1.29 is 0 Å². The van der Waals surface area contributed by atoms with E-state index < -0.39 is 0 Å². The third-order valence-corrected chi connectivity index (χ3v) is 4.85. The Kier molecular flexibility index (Phi) is 5.09. The van der Waals surface area contributed by atoms with Gasteiger partial charge < -0.3 is 11.1 Å². The molecular formula is C14H12BrCl2N3S. The van der Waals surface area contributed by atoms with Crippen molar-refractivity contribution in [2.45, 2.75) is 13.8 Å². The van der Waals surface area contributed by atoms with Gasteiger partial charge in [0.1, 0.15) is 4.99 Å². The fourth-order valence-corrected chi connectivity index (χ4v) is 3.08. The molecule has 0 bridgehead atoms. The molecule has 1 aromatic carbocycles. The summed E-state index contributed by atoms with van der Waals surface area (Å²) in [5.74, 6) is 0. The summed E-state index contributed by atoms with van der Waals surface area (Å²) in [4.78, 5) is 4.66. The largest absolute Gasteiger partial charge is 0.389 e. The molecule has 21 heavy (non-hydrogen) atoms. The van der Waals surface area contributed by atoms with Gasteiger partial charge >= 0.3 is 0 Å². The Morgan fingerprint density at radius 1 is 1.24 bits per heavy atom. The normalized spacial score (nSPS) is 10.5. The zero-order valence-corrected chi connectivity index (χ0v) is 15.2. The number of hydrogen-bond acceptors (Lipinski definition) is 3. The Labute approximate surface area is 147 Å². The molecule has 0 aliphatic rings. The number of hydrogen-bond donors (Lipinski definition) is 2. The second-order valence-corrected chi connectivity index (χ2v) is 6.53. The van der Waals surface area contributed by atoms with Crippen molar-refractivity contribution in [3.05, 3.63) is 49.7 Å². The van der Waals surface area contributed by atoms with Crippen LogP contribution in [0.5, 0.6) is 0 Å². The van der Waals surface area contributed by atoms with Gasteiger partial charge in [-0.05, 0) is 48.0 Å². The van der Waals surface area contributed by atoms with E-state index in [0.29, 0.717) is 21.3 Å². The summed E-state index contributed by atoms with van der Waals surface area (Å²) in [5, 5.41) is 4.10. The van der Waals surface area contributed by atoms with Crippen molar-refractivity contribution in [1.82, 2.24) is 4.98 Å². The van der Waals surface area contributed by atoms with Crippen LogP contribution in [0.4, 0.5) is 11.4 Å². The minimum Gasteiger partial charge on any atom is -0.389 e. The molecular weight excluding hydrogens is 393 g/mol. The molecule has 0 saturated carbocycles. The Balaban J connectivity index is 2.54. The number of aryl methyl sites for hydroxylation is 2. The van der Waals surface area contributed by atoms with Crippen LogP contribution in [0.25, 0.3) is 0 Å². The molecule has 1 aromatic heterocycles. The first-order valence-electron chi connectivity index (χ1n) is 5.99. The highest BCUT2D eigenvalue weighted by Crippen LogP contribution is 2.37. The highest BCUT2D eigenvalue weighted by Gasteiger charge is 2.14. The Morgan fingerprint density at radius 2 is 1.90 bits per heavy atom. The zero-order chi connectivity index (χ0) is 15.7. The van der Waals surface area contributed by atoms with Gasteiger partial charge in [0.2, 0.25) is 0 Å². The molecule has 1 heterocycles. The Bertz CT molecular complexity index is 735. The monoisotopic (exact) mass is 403 g/mol. The lowest BCUT2D eigenvalue weighted by Crippen LogP contribution is -2.15. The number of benzene rings is 1. The van der Waals surface area contributed by atoms with Crippen LogP contribution in [0.2, 0.25) is 10.0 Å². The van der Waals surface area contributed by atoms with Crippen molar-refractivity contribution in [3.8, 4) is 0 Å². The molecule has 3 nitrogen and oxygen atoms in total. The van der Waals surface area contributed by atoms with Crippen LogP contribution < -0.4 is 11.1 Å². The lowest BCUT2D eigenvalue weighted by Gasteiger charge is -2.16. The maximum absolute atomic E-state index is 6.26. The molecule has 0 amide bonds. The third-order valence-electron chi connectivity index (χ3n) is 2.88. The maximum Gasteiger partial charge on any atom is 0.107 e. The molecule has 0 aliphatic heterocycles. The molecule has 0 atom stereocenters. The van der Waals surface area contributed by atoms with Crippen LogP contribution in [0, 0.1) is 13.8 Å².